The summed E-state index contributed by atoms with van der Waals surface area (Å²) < 4.78 is 17.2. The topological polar surface area (TPSA) is 99.1 Å². The Bertz CT molecular complexity index is 1220. The summed E-state index contributed by atoms with van der Waals surface area (Å²) in [5, 5.41) is 9.61. The number of unbranched alkanes of at least 4 members (excludes halogenated alkanes) is 11. The van der Waals surface area contributed by atoms with E-state index in [1.807, 2.05) is 21.1 Å². The molecule has 8 nitrogen and oxygen atoms in total. The first-order valence-electron chi connectivity index (χ1n) is 22.6. The first kappa shape index (κ1) is 54.5. The van der Waals surface area contributed by atoms with Crippen molar-refractivity contribution in [3.63, 3.8) is 0 Å². The average molecular weight is 811 g/mol. The van der Waals surface area contributed by atoms with Gasteiger partial charge in [-0.2, -0.15) is 0 Å². The lowest BCUT2D eigenvalue weighted by molar-refractivity contribution is -0.887. The Labute approximate surface area is 354 Å². The zero-order valence-electron chi connectivity index (χ0n) is 37.5. The number of likely N-dealkylation sites (N-methyl/N-ethyl adjacent to an activating group) is 1. The molecular weight excluding hydrogens is 727 g/mol. The summed E-state index contributed by atoms with van der Waals surface area (Å²) in [5.41, 5.74) is 0. The van der Waals surface area contributed by atoms with Crippen molar-refractivity contribution in [2.45, 2.75) is 174 Å². The van der Waals surface area contributed by atoms with Crippen LogP contribution in [0.2, 0.25) is 0 Å². The van der Waals surface area contributed by atoms with Crippen molar-refractivity contribution in [1.82, 2.24) is 0 Å². The molecule has 0 aliphatic heterocycles. The number of carboxylic acid groups (broad SMARTS) is 1. The lowest BCUT2D eigenvalue weighted by atomic mass is 10.1. The molecule has 0 saturated carbocycles. The number of nitrogens with zero attached hydrogens (tertiary/aromatic N) is 1. The fourth-order valence-corrected chi connectivity index (χ4v) is 6.08. The minimum absolute atomic E-state index is 0.0345. The number of aliphatic carboxylic acids is 1. The van der Waals surface area contributed by atoms with E-state index in [1.54, 1.807) is 0 Å². The summed E-state index contributed by atoms with van der Waals surface area (Å²) in [4.78, 5) is 36.9. The quantitative estimate of drug-likeness (QED) is 0.0286. The smallest absolute Gasteiger partial charge is 0.362 e. The molecule has 0 fully saturated rings. The van der Waals surface area contributed by atoms with E-state index in [9.17, 15) is 19.5 Å². The third kappa shape index (κ3) is 38.1. The Morgan fingerprint density at radius 3 is 1.41 bits per heavy atom. The van der Waals surface area contributed by atoms with Crippen molar-refractivity contribution in [2.75, 3.05) is 41.0 Å². The summed E-state index contributed by atoms with van der Waals surface area (Å²) in [6, 6.07) is -0.628. The molecule has 0 aromatic heterocycles. The van der Waals surface area contributed by atoms with E-state index in [0.717, 1.165) is 70.6 Å². The molecule has 1 N–H and O–H groups in total. The van der Waals surface area contributed by atoms with Gasteiger partial charge < -0.3 is 23.8 Å². The third-order valence-corrected chi connectivity index (χ3v) is 9.56. The fraction of sp³-hybridized carbons (Fsp3) is 0.660. The van der Waals surface area contributed by atoms with Crippen molar-refractivity contribution < 1.29 is 38.2 Å². The SMILES string of the molecule is CC/C=C/C/C=C/C/C=C/C/C=C/C/C=C/C/C=C/C/C=C/CCCC(=O)OC(COCCC(C(=O)O)[N+](C)(C)C)COC(=O)CCCCCCCCCCCCC. The molecule has 2 unspecified atom stereocenters. The summed E-state index contributed by atoms with van der Waals surface area (Å²) in [5.74, 6) is -1.55. The summed E-state index contributed by atoms with van der Waals surface area (Å²) in [6.45, 7) is 4.54. The van der Waals surface area contributed by atoms with E-state index in [0.29, 0.717) is 19.3 Å². The van der Waals surface area contributed by atoms with Crippen LogP contribution in [0.25, 0.3) is 0 Å². The zero-order valence-corrected chi connectivity index (χ0v) is 37.5. The van der Waals surface area contributed by atoms with Gasteiger partial charge in [-0.1, -0.05) is 163 Å². The predicted molar refractivity (Wildman–Crippen MR) is 243 cm³/mol. The van der Waals surface area contributed by atoms with Gasteiger partial charge >= 0.3 is 17.9 Å². The van der Waals surface area contributed by atoms with E-state index in [1.165, 1.54) is 51.4 Å². The maximum Gasteiger partial charge on any atom is 0.362 e. The Kier molecular flexibility index (Phi) is 37.9. The summed E-state index contributed by atoms with van der Waals surface area (Å²) in [7, 11) is 5.50. The molecule has 0 radical (unpaired) electrons. The summed E-state index contributed by atoms with van der Waals surface area (Å²) >= 11 is 0. The van der Waals surface area contributed by atoms with Gasteiger partial charge in [0.1, 0.15) is 6.61 Å². The lowest BCUT2D eigenvalue weighted by Crippen LogP contribution is -2.50. The van der Waals surface area contributed by atoms with Crippen LogP contribution in [0, 0.1) is 0 Å². The second-order valence-corrected chi connectivity index (χ2v) is 15.9. The molecule has 8 heteroatoms. The molecule has 0 bridgehead atoms. The van der Waals surface area contributed by atoms with E-state index < -0.39 is 18.1 Å². The number of carbonyl (C=O) groups excluding carboxylic acids is 2. The maximum atomic E-state index is 12.7. The van der Waals surface area contributed by atoms with Crippen LogP contribution >= 0.6 is 0 Å². The van der Waals surface area contributed by atoms with Crippen LogP contribution < -0.4 is 0 Å². The molecule has 330 valence electrons. The van der Waals surface area contributed by atoms with Crippen molar-refractivity contribution in [3.8, 4) is 0 Å². The van der Waals surface area contributed by atoms with Gasteiger partial charge in [0.2, 0.25) is 0 Å². The molecule has 58 heavy (non-hydrogen) atoms. The maximum absolute atomic E-state index is 12.7. The molecule has 0 saturated heterocycles. The molecule has 0 aliphatic rings. The van der Waals surface area contributed by atoms with Crippen molar-refractivity contribution in [2.24, 2.45) is 0 Å². The molecule has 0 heterocycles. The standard InChI is InChI=1S/C50H83NO7/c1-6-8-10-12-14-16-18-19-20-21-22-23-24-25-26-27-28-29-31-33-35-37-39-41-49(53)58-46(44-56-43-42-47(50(54)55)51(3,4)5)45-57-48(52)40-38-36-34-32-30-17-15-13-11-9-7-2/h8,10,14,16,19-20,22-23,25-26,28-29,33,35,46-47H,6-7,9,11-13,15,17-18,21,24,27,30-32,34,36-45H2,1-5H3/p+1/b10-8+,16-14+,20-19+,23-22+,26-25+,29-28+,35-33+. The van der Waals surface area contributed by atoms with Gasteiger partial charge in [-0.25, -0.2) is 4.79 Å². The number of hydrogen-bond donors (Lipinski definition) is 1. The lowest BCUT2D eigenvalue weighted by Gasteiger charge is -2.31. The predicted octanol–water partition coefficient (Wildman–Crippen LogP) is 12.5. The van der Waals surface area contributed by atoms with Gasteiger partial charge in [-0.3, -0.25) is 9.59 Å². The number of allylic oxidation sites excluding steroid dienone is 14. The number of hydrogen-bond acceptors (Lipinski definition) is 6. The van der Waals surface area contributed by atoms with Gasteiger partial charge in [0.15, 0.2) is 12.1 Å². The second-order valence-electron chi connectivity index (χ2n) is 15.9. The highest BCUT2D eigenvalue weighted by molar-refractivity contribution is 5.72. The van der Waals surface area contributed by atoms with E-state index in [4.69, 9.17) is 14.2 Å². The molecule has 0 spiro atoms. The molecule has 0 aromatic rings. The minimum atomic E-state index is -0.887. The van der Waals surface area contributed by atoms with E-state index >= 15 is 0 Å². The van der Waals surface area contributed by atoms with E-state index in [-0.39, 0.29) is 42.7 Å². The van der Waals surface area contributed by atoms with Gasteiger partial charge in [-0.15, -0.1) is 0 Å². The van der Waals surface area contributed by atoms with E-state index in [2.05, 4.69) is 98.9 Å². The highest BCUT2D eigenvalue weighted by Crippen LogP contribution is 2.13. The molecule has 0 rings (SSSR count). The monoisotopic (exact) mass is 811 g/mol. The van der Waals surface area contributed by atoms with Crippen molar-refractivity contribution >= 4 is 17.9 Å². The van der Waals surface area contributed by atoms with Crippen LogP contribution in [0.15, 0.2) is 85.1 Å². The molecule has 0 aliphatic carbocycles. The zero-order chi connectivity index (χ0) is 42.8. The number of carbonyl (C=O) groups is 3. The Balaban J connectivity index is 4.43. The van der Waals surface area contributed by atoms with Gasteiger partial charge in [0.05, 0.1) is 34.4 Å². The van der Waals surface area contributed by atoms with Crippen LogP contribution in [0.4, 0.5) is 0 Å². The Morgan fingerprint density at radius 2 is 0.966 bits per heavy atom. The van der Waals surface area contributed by atoms with Gasteiger partial charge in [0.25, 0.3) is 0 Å². The minimum Gasteiger partial charge on any atom is -0.477 e. The second kappa shape index (κ2) is 40.3. The Morgan fingerprint density at radius 1 is 0.534 bits per heavy atom. The number of ether oxygens (including phenoxy) is 3. The normalized spacial score (nSPS) is 13.7. The molecular formula is C50H84NO7+. The van der Waals surface area contributed by atoms with Crippen LogP contribution in [0.1, 0.15) is 162 Å². The third-order valence-electron chi connectivity index (χ3n) is 9.56. The van der Waals surface area contributed by atoms with Crippen LogP contribution in [0.3, 0.4) is 0 Å². The molecule has 0 aromatic carbocycles. The molecule has 2 atom stereocenters. The highest BCUT2D eigenvalue weighted by atomic mass is 16.6. The number of quaternary nitrogens is 1. The number of rotatable bonds is 39. The number of carboxylic acids is 1. The first-order chi connectivity index (χ1) is 28.1. The van der Waals surface area contributed by atoms with Crippen molar-refractivity contribution in [3.05, 3.63) is 85.1 Å². The summed E-state index contributed by atoms with van der Waals surface area (Å²) in [6.07, 6.45) is 52.1. The van der Waals surface area contributed by atoms with Crippen molar-refractivity contribution in [1.29, 1.82) is 0 Å². The molecule has 0 amide bonds. The number of esters is 2. The first-order valence-corrected chi connectivity index (χ1v) is 22.6. The fourth-order valence-electron chi connectivity index (χ4n) is 6.08. The largest absolute Gasteiger partial charge is 0.477 e. The Hall–Kier alpha value is -3.49. The highest BCUT2D eigenvalue weighted by Gasteiger charge is 2.31. The van der Waals surface area contributed by atoms with Crippen LogP contribution in [0.5, 0.6) is 0 Å². The average Bonchev–Trinajstić information content (AvgIpc) is 3.18. The van der Waals surface area contributed by atoms with Crippen LogP contribution in [-0.2, 0) is 28.6 Å². The van der Waals surface area contributed by atoms with Crippen LogP contribution in [-0.4, -0.2) is 80.6 Å². The van der Waals surface area contributed by atoms with Gasteiger partial charge in [0, 0.05) is 19.3 Å². The van der Waals surface area contributed by atoms with Gasteiger partial charge in [-0.05, 0) is 64.2 Å².